The van der Waals surface area contributed by atoms with Crippen LogP contribution < -0.4 is 4.74 Å². The number of ketones is 1. The van der Waals surface area contributed by atoms with Crippen LogP contribution in [0.15, 0.2) is 34.1 Å². The summed E-state index contributed by atoms with van der Waals surface area (Å²) in [5, 5.41) is 2.03. The van der Waals surface area contributed by atoms with Gasteiger partial charge in [-0.05, 0) is 46.3 Å². The molecule has 1 heterocycles. The number of Topliss-reactive ketones (excluding diaryl/α,β-unsaturated/α-hetero) is 1. The number of hydrogen-bond donors (Lipinski definition) is 0. The Morgan fingerprint density at radius 2 is 2.16 bits per heavy atom. The quantitative estimate of drug-likeness (QED) is 0.818. The average molecular weight is 337 g/mol. The second-order valence-electron chi connectivity index (χ2n) is 4.54. The summed E-state index contributed by atoms with van der Waals surface area (Å²) in [5.41, 5.74) is 1.92. The van der Waals surface area contributed by atoms with Crippen molar-refractivity contribution in [3.8, 4) is 5.75 Å². The van der Waals surface area contributed by atoms with E-state index in [1.54, 1.807) is 11.3 Å². The first kappa shape index (κ1) is 12.9. The maximum Gasteiger partial charge on any atom is 0.163 e. The summed E-state index contributed by atoms with van der Waals surface area (Å²) in [6, 6.07) is 7.79. The van der Waals surface area contributed by atoms with E-state index in [2.05, 4.69) is 15.9 Å². The molecule has 1 aromatic carbocycles. The molecule has 19 heavy (non-hydrogen) atoms. The van der Waals surface area contributed by atoms with E-state index >= 15 is 0 Å². The molecule has 98 valence electrons. The van der Waals surface area contributed by atoms with E-state index in [0.717, 1.165) is 34.2 Å². The molecule has 0 atom stereocenters. The molecule has 0 radical (unpaired) electrons. The summed E-state index contributed by atoms with van der Waals surface area (Å²) < 4.78 is 6.99. The van der Waals surface area contributed by atoms with E-state index in [1.165, 1.54) is 4.88 Å². The highest BCUT2D eigenvalue weighted by atomic mass is 79.9. The Bertz CT molecular complexity index is 618. The fourth-order valence-electron chi connectivity index (χ4n) is 2.35. The molecular weight excluding hydrogens is 324 g/mol. The van der Waals surface area contributed by atoms with Crippen molar-refractivity contribution in [3.05, 3.63) is 50.1 Å². The molecule has 0 bridgehead atoms. The van der Waals surface area contributed by atoms with Gasteiger partial charge in [0.15, 0.2) is 5.78 Å². The van der Waals surface area contributed by atoms with Gasteiger partial charge in [0.05, 0.1) is 4.88 Å². The van der Waals surface area contributed by atoms with E-state index in [-0.39, 0.29) is 5.78 Å². The van der Waals surface area contributed by atoms with Crippen molar-refractivity contribution in [1.82, 2.24) is 0 Å². The first-order valence-corrected chi connectivity index (χ1v) is 7.93. The number of carbonyl (C=O) groups is 1. The number of rotatable bonds is 3. The number of halogens is 1. The smallest absolute Gasteiger partial charge is 0.163 e. The number of fused-ring (bicyclic) bond motifs is 1. The van der Waals surface area contributed by atoms with Crippen LogP contribution in [0.25, 0.3) is 0 Å². The van der Waals surface area contributed by atoms with E-state index in [9.17, 15) is 4.79 Å². The summed E-state index contributed by atoms with van der Waals surface area (Å²) in [4.78, 5) is 13.0. The second-order valence-corrected chi connectivity index (χ2v) is 6.39. The van der Waals surface area contributed by atoms with E-state index in [4.69, 9.17) is 4.74 Å². The van der Waals surface area contributed by atoms with Gasteiger partial charge in [0.2, 0.25) is 0 Å². The van der Waals surface area contributed by atoms with Gasteiger partial charge in [0, 0.05) is 22.0 Å². The summed E-state index contributed by atoms with van der Waals surface area (Å²) >= 11 is 5.17. The van der Waals surface area contributed by atoms with E-state index < -0.39 is 0 Å². The SMILES string of the molecule is O=C1CCCc2c(OCc3sccc3Br)cccc21. The highest BCUT2D eigenvalue weighted by Crippen LogP contribution is 2.31. The van der Waals surface area contributed by atoms with Crippen LogP contribution in [-0.2, 0) is 13.0 Å². The van der Waals surface area contributed by atoms with E-state index in [1.807, 2.05) is 29.6 Å². The molecule has 0 unspecified atom stereocenters. The molecular formula is C15H13BrO2S. The minimum atomic E-state index is 0.240. The van der Waals surface area contributed by atoms with Crippen LogP contribution in [0, 0.1) is 0 Å². The van der Waals surface area contributed by atoms with Gasteiger partial charge in [-0.1, -0.05) is 12.1 Å². The largest absolute Gasteiger partial charge is 0.488 e. The minimum Gasteiger partial charge on any atom is -0.488 e. The fourth-order valence-corrected chi connectivity index (χ4v) is 3.73. The van der Waals surface area contributed by atoms with Gasteiger partial charge in [0.25, 0.3) is 0 Å². The Labute approximate surface area is 124 Å². The molecule has 1 aliphatic rings. The summed E-state index contributed by atoms with van der Waals surface area (Å²) in [7, 11) is 0. The number of benzene rings is 1. The van der Waals surface area contributed by atoms with Gasteiger partial charge in [-0.2, -0.15) is 0 Å². The monoisotopic (exact) mass is 336 g/mol. The molecule has 0 saturated heterocycles. The normalized spacial score (nSPS) is 14.3. The molecule has 2 aromatic rings. The van der Waals surface area contributed by atoms with Crippen LogP contribution in [0.4, 0.5) is 0 Å². The molecule has 0 saturated carbocycles. The first-order valence-electron chi connectivity index (χ1n) is 6.25. The molecule has 0 aliphatic heterocycles. The van der Waals surface area contributed by atoms with Gasteiger partial charge in [-0.3, -0.25) is 4.79 Å². The van der Waals surface area contributed by atoms with Crippen molar-refractivity contribution < 1.29 is 9.53 Å². The fraction of sp³-hybridized carbons (Fsp3) is 0.267. The van der Waals surface area contributed by atoms with Crippen LogP contribution in [0.5, 0.6) is 5.75 Å². The predicted octanol–water partition coefficient (Wildman–Crippen LogP) is 4.61. The Kier molecular flexibility index (Phi) is 3.71. The van der Waals surface area contributed by atoms with Gasteiger partial charge >= 0.3 is 0 Å². The maximum absolute atomic E-state index is 11.9. The lowest BCUT2D eigenvalue weighted by Crippen LogP contribution is -2.12. The number of thiophene rings is 1. The summed E-state index contributed by atoms with van der Waals surface area (Å²) in [6.45, 7) is 0.545. The zero-order chi connectivity index (χ0) is 13.2. The summed E-state index contributed by atoms with van der Waals surface area (Å²) in [6.07, 6.45) is 2.52. The third kappa shape index (κ3) is 2.60. The maximum atomic E-state index is 11.9. The molecule has 0 amide bonds. The van der Waals surface area contributed by atoms with Gasteiger partial charge in [-0.15, -0.1) is 11.3 Å². The van der Waals surface area contributed by atoms with Gasteiger partial charge < -0.3 is 4.74 Å². The number of carbonyl (C=O) groups excluding carboxylic acids is 1. The second kappa shape index (κ2) is 5.47. The van der Waals surface area contributed by atoms with Crippen molar-refractivity contribution in [2.24, 2.45) is 0 Å². The van der Waals surface area contributed by atoms with Crippen LogP contribution in [0.3, 0.4) is 0 Å². The van der Waals surface area contributed by atoms with E-state index in [0.29, 0.717) is 13.0 Å². The van der Waals surface area contributed by atoms with Crippen LogP contribution in [0.2, 0.25) is 0 Å². The van der Waals surface area contributed by atoms with Crippen LogP contribution in [-0.4, -0.2) is 5.78 Å². The molecule has 1 aromatic heterocycles. The Hall–Kier alpha value is -1.13. The van der Waals surface area contributed by atoms with Crippen molar-refractivity contribution in [3.63, 3.8) is 0 Å². The van der Waals surface area contributed by atoms with Crippen molar-refractivity contribution in [1.29, 1.82) is 0 Å². The van der Waals surface area contributed by atoms with Crippen LogP contribution >= 0.6 is 27.3 Å². The molecule has 3 rings (SSSR count). The Balaban J connectivity index is 1.84. The molecule has 0 fully saturated rings. The summed E-state index contributed by atoms with van der Waals surface area (Å²) in [5.74, 6) is 1.09. The minimum absolute atomic E-state index is 0.240. The number of hydrogen-bond acceptors (Lipinski definition) is 3. The molecule has 0 N–H and O–H groups in total. The van der Waals surface area contributed by atoms with Gasteiger partial charge in [-0.25, -0.2) is 0 Å². The molecule has 4 heteroatoms. The Morgan fingerprint density at radius 3 is 2.95 bits per heavy atom. The zero-order valence-corrected chi connectivity index (χ0v) is 12.7. The van der Waals surface area contributed by atoms with Crippen molar-refractivity contribution in [2.45, 2.75) is 25.9 Å². The lowest BCUT2D eigenvalue weighted by atomic mass is 9.90. The van der Waals surface area contributed by atoms with Gasteiger partial charge in [0.1, 0.15) is 12.4 Å². The lowest BCUT2D eigenvalue weighted by molar-refractivity contribution is 0.0971. The first-order chi connectivity index (χ1) is 9.25. The zero-order valence-electron chi connectivity index (χ0n) is 10.3. The van der Waals surface area contributed by atoms with Crippen molar-refractivity contribution in [2.75, 3.05) is 0 Å². The topological polar surface area (TPSA) is 26.3 Å². The average Bonchev–Trinajstić information content (AvgIpc) is 2.82. The van der Waals surface area contributed by atoms with Crippen LogP contribution in [0.1, 0.15) is 33.6 Å². The third-order valence-corrected chi connectivity index (χ3v) is 5.21. The lowest BCUT2D eigenvalue weighted by Gasteiger charge is -2.18. The highest BCUT2D eigenvalue weighted by Gasteiger charge is 2.20. The number of ether oxygens (including phenoxy) is 1. The molecule has 2 nitrogen and oxygen atoms in total. The Morgan fingerprint density at radius 1 is 1.26 bits per heavy atom. The standard InChI is InChI=1S/C15H13BrO2S/c16-12-7-8-19-15(12)9-18-14-6-2-3-10-11(14)4-1-5-13(10)17/h2-3,6-8H,1,4-5,9H2. The predicted molar refractivity (Wildman–Crippen MR) is 80.1 cm³/mol. The van der Waals surface area contributed by atoms with Crippen molar-refractivity contribution >= 4 is 33.0 Å². The third-order valence-electron chi connectivity index (χ3n) is 3.31. The molecule has 1 aliphatic carbocycles. The highest BCUT2D eigenvalue weighted by molar-refractivity contribution is 9.10. The molecule has 0 spiro atoms.